The zero-order chi connectivity index (χ0) is 16.6. The lowest BCUT2D eigenvalue weighted by Gasteiger charge is -2.18. The first-order chi connectivity index (χ1) is 10.9. The van der Waals surface area contributed by atoms with Crippen LogP contribution >= 0.6 is 0 Å². The fourth-order valence-electron chi connectivity index (χ4n) is 2.61. The SMILES string of the molecule is CNS(=O)(=O)c1ccc2c(c1)N(C(=O)c1ccc(C)nc1)CC2. The fraction of sp³-hybridized carbons (Fsp3) is 0.250. The Balaban J connectivity index is 1.99. The van der Waals surface area contributed by atoms with Crippen molar-refractivity contribution in [2.45, 2.75) is 18.2 Å². The summed E-state index contributed by atoms with van der Waals surface area (Å²) < 4.78 is 26.2. The second kappa shape index (κ2) is 5.75. The van der Waals surface area contributed by atoms with Gasteiger partial charge in [0, 0.05) is 24.1 Å². The summed E-state index contributed by atoms with van der Waals surface area (Å²) in [5.41, 5.74) is 2.94. The molecular weight excluding hydrogens is 314 g/mol. The number of sulfonamides is 1. The topological polar surface area (TPSA) is 79.4 Å². The van der Waals surface area contributed by atoms with E-state index in [-0.39, 0.29) is 10.8 Å². The van der Waals surface area contributed by atoms with E-state index >= 15 is 0 Å². The third-order valence-corrected chi connectivity index (χ3v) is 5.35. The van der Waals surface area contributed by atoms with Gasteiger partial charge in [0.05, 0.1) is 10.5 Å². The first kappa shape index (κ1) is 15.6. The number of aromatic nitrogens is 1. The van der Waals surface area contributed by atoms with Crippen LogP contribution in [-0.2, 0) is 16.4 Å². The molecule has 2 heterocycles. The number of rotatable bonds is 3. The van der Waals surface area contributed by atoms with Crippen molar-refractivity contribution in [3.63, 3.8) is 0 Å². The molecule has 0 unspecified atom stereocenters. The monoisotopic (exact) mass is 331 g/mol. The largest absolute Gasteiger partial charge is 0.308 e. The van der Waals surface area contributed by atoms with Crippen LogP contribution in [0.2, 0.25) is 0 Å². The van der Waals surface area contributed by atoms with Crippen LogP contribution in [0.5, 0.6) is 0 Å². The molecule has 0 fully saturated rings. The van der Waals surface area contributed by atoms with Crippen molar-refractivity contribution < 1.29 is 13.2 Å². The maximum Gasteiger partial charge on any atom is 0.259 e. The van der Waals surface area contributed by atoms with Crippen LogP contribution in [0.25, 0.3) is 0 Å². The van der Waals surface area contributed by atoms with Gasteiger partial charge in [0.25, 0.3) is 5.91 Å². The molecule has 0 radical (unpaired) electrons. The lowest BCUT2D eigenvalue weighted by Crippen LogP contribution is -2.29. The van der Waals surface area contributed by atoms with Gasteiger partial charge in [0.2, 0.25) is 10.0 Å². The van der Waals surface area contributed by atoms with Crippen LogP contribution in [0.15, 0.2) is 41.4 Å². The Bertz CT molecular complexity index is 861. The fourth-order valence-corrected chi connectivity index (χ4v) is 3.35. The van der Waals surface area contributed by atoms with Crippen LogP contribution in [0.1, 0.15) is 21.6 Å². The molecule has 0 atom stereocenters. The zero-order valence-corrected chi connectivity index (χ0v) is 13.7. The number of nitrogens with zero attached hydrogens (tertiary/aromatic N) is 2. The van der Waals surface area contributed by atoms with Gasteiger partial charge in [-0.2, -0.15) is 0 Å². The van der Waals surface area contributed by atoms with Crippen molar-refractivity contribution in [2.75, 3.05) is 18.5 Å². The summed E-state index contributed by atoms with van der Waals surface area (Å²) in [7, 11) is -2.17. The molecule has 1 aliphatic rings. The number of anilines is 1. The van der Waals surface area contributed by atoms with E-state index in [9.17, 15) is 13.2 Å². The Morgan fingerprint density at radius 1 is 1.26 bits per heavy atom. The standard InChI is InChI=1S/C16H17N3O3S/c1-11-3-4-13(10-18-11)16(20)19-8-7-12-5-6-14(9-15(12)19)23(21,22)17-2/h3-6,9-10,17H,7-8H2,1-2H3. The minimum atomic E-state index is -3.54. The van der Waals surface area contributed by atoms with Crippen LogP contribution in [0.4, 0.5) is 5.69 Å². The molecule has 2 aromatic rings. The van der Waals surface area contributed by atoms with E-state index in [4.69, 9.17) is 0 Å². The van der Waals surface area contributed by atoms with Crippen molar-refractivity contribution in [3.8, 4) is 0 Å². The van der Waals surface area contributed by atoms with Crippen molar-refractivity contribution in [2.24, 2.45) is 0 Å². The normalized spacial score (nSPS) is 13.9. The number of hydrogen-bond acceptors (Lipinski definition) is 4. The van der Waals surface area contributed by atoms with E-state index in [1.54, 1.807) is 41.4 Å². The molecular formula is C16H17N3O3S. The quantitative estimate of drug-likeness (QED) is 0.924. The summed E-state index contributed by atoms with van der Waals surface area (Å²) in [5, 5.41) is 0. The molecule has 120 valence electrons. The number of nitrogens with one attached hydrogen (secondary N) is 1. The molecule has 1 aromatic carbocycles. The van der Waals surface area contributed by atoms with Crippen molar-refractivity contribution >= 4 is 21.6 Å². The highest BCUT2D eigenvalue weighted by Gasteiger charge is 2.27. The van der Waals surface area contributed by atoms with Crippen molar-refractivity contribution in [1.29, 1.82) is 0 Å². The Kier molecular flexibility index (Phi) is 3.91. The highest BCUT2D eigenvalue weighted by Crippen LogP contribution is 2.31. The Morgan fingerprint density at radius 3 is 2.70 bits per heavy atom. The van der Waals surface area contributed by atoms with Crippen LogP contribution < -0.4 is 9.62 Å². The van der Waals surface area contributed by atoms with Crippen LogP contribution in [0.3, 0.4) is 0 Å². The van der Waals surface area contributed by atoms with E-state index in [0.29, 0.717) is 24.2 Å². The van der Waals surface area contributed by atoms with Crippen LogP contribution in [-0.4, -0.2) is 32.9 Å². The molecule has 1 amide bonds. The molecule has 1 N–H and O–H groups in total. The molecule has 0 saturated carbocycles. The summed E-state index contributed by atoms with van der Waals surface area (Å²) in [6.45, 7) is 2.39. The highest BCUT2D eigenvalue weighted by molar-refractivity contribution is 7.89. The Hall–Kier alpha value is -2.25. The molecule has 3 rings (SSSR count). The third-order valence-electron chi connectivity index (χ3n) is 3.93. The average Bonchev–Trinajstić information content (AvgIpc) is 2.98. The summed E-state index contributed by atoms with van der Waals surface area (Å²) in [4.78, 5) is 18.6. The van der Waals surface area contributed by atoms with E-state index < -0.39 is 10.0 Å². The number of amides is 1. The first-order valence-corrected chi connectivity index (χ1v) is 8.72. The molecule has 0 spiro atoms. The molecule has 6 nitrogen and oxygen atoms in total. The average molecular weight is 331 g/mol. The maximum atomic E-state index is 12.7. The summed E-state index contributed by atoms with van der Waals surface area (Å²) in [6.07, 6.45) is 2.25. The van der Waals surface area contributed by atoms with Gasteiger partial charge >= 0.3 is 0 Å². The third kappa shape index (κ3) is 2.85. The lowest BCUT2D eigenvalue weighted by atomic mass is 10.1. The van der Waals surface area contributed by atoms with Gasteiger partial charge in [-0.15, -0.1) is 0 Å². The molecule has 0 bridgehead atoms. The highest BCUT2D eigenvalue weighted by atomic mass is 32.2. The van der Waals surface area contributed by atoms with Gasteiger partial charge in [-0.05, 0) is 50.2 Å². The Morgan fingerprint density at radius 2 is 2.04 bits per heavy atom. The predicted molar refractivity (Wildman–Crippen MR) is 87.0 cm³/mol. The predicted octanol–water partition coefficient (Wildman–Crippen LogP) is 1.50. The van der Waals surface area contributed by atoms with Crippen molar-refractivity contribution in [3.05, 3.63) is 53.3 Å². The first-order valence-electron chi connectivity index (χ1n) is 7.23. The van der Waals surface area contributed by atoms with Gasteiger partial charge < -0.3 is 4.90 Å². The molecule has 7 heteroatoms. The summed E-state index contributed by atoms with van der Waals surface area (Å²) in [5.74, 6) is -0.171. The number of pyridine rings is 1. The molecule has 0 aliphatic carbocycles. The molecule has 23 heavy (non-hydrogen) atoms. The van der Waals surface area contributed by atoms with E-state index in [1.807, 2.05) is 6.92 Å². The lowest BCUT2D eigenvalue weighted by molar-refractivity contribution is 0.0989. The number of fused-ring (bicyclic) bond motifs is 1. The number of hydrogen-bond donors (Lipinski definition) is 1. The van der Waals surface area contributed by atoms with Gasteiger partial charge in [-0.1, -0.05) is 6.07 Å². The minimum Gasteiger partial charge on any atom is -0.308 e. The second-order valence-corrected chi connectivity index (χ2v) is 7.28. The smallest absolute Gasteiger partial charge is 0.259 e. The molecule has 1 aliphatic heterocycles. The van der Waals surface area contributed by atoms with E-state index in [2.05, 4.69) is 9.71 Å². The van der Waals surface area contributed by atoms with Gasteiger partial charge in [-0.25, -0.2) is 13.1 Å². The van der Waals surface area contributed by atoms with Crippen LogP contribution in [0, 0.1) is 6.92 Å². The number of benzene rings is 1. The van der Waals surface area contributed by atoms with Gasteiger partial charge in [0.15, 0.2) is 0 Å². The zero-order valence-electron chi connectivity index (χ0n) is 12.9. The number of carbonyl (C=O) groups excluding carboxylic acids is 1. The van der Waals surface area contributed by atoms with E-state index in [1.165, 1.54) is 7.05 Å². The summed E-state index contributed by atoms with van der Waals surface area (Å²) in [6, 6.07) is 8.39. The van der Waals surface area contributed by atoms with Gasteiger partial charge in [-0.3, -0.25) is 9.78 Å². The summed E-state index contributed by atoms with van der Waals surface area (Å²) >= 11 is 0. The second-order valence-electron chi connectivity index (χ2n) is 5.39. The maximum absolute atomic E-state index is 12.7. The number of aryl methyl sites for hydroxylation is 1. The molecule has 1 aromatic heterocycles. The number of carbonyl (C=O) groups is 1. The Labute approximate surface area is 135 Å². The molecule has 0 saturated heterocycles. The van der Waals surface area contributed by atoms with E-state index in [0.717, 1.165) is 11.3 Å². The van der Waals surface area contributed by atoms with Gasteiger partial charge in [0.1, 0.15) is 0 Å². The van der Waals surface area contributed by atoms with Crippen molar-refractivity contribution in [1.82, 2.24) is 9.71 Å². The minimum absolute atomic E-state index is 0.153.